The highest BCUT2D eigenvalue weighted by Gasteiger charge is 2.49. The molecule has 0 amide bonds. The lowest BCUT2D eigenvalue weighted by atomic mass is 9.84. The van der Waals surface area contributed by atoms with Crippen molar-refractivity contribution in [1.29, 1.82) is 0 Å². The minimum Gasteiger partial charge on any atom is -0.507 e. The molecule has 0 radical (unpaired) electrons. The number of ether oxygens (including phenoxy) is 1. The SMILES string of the molecule is COc1cc(-c2cc(O)c(-c3ccc(N(C)[C@@H]4C[C@]5(C)CC[C@](C)(C4)N5)nn3)c(F)c2F)cnn1. The Balaban J connectivity index is 1.43. The van der Waals surface area contributed by atoms with E-state index in [0.29, 0.717) is 5.82 Å². The molecule has 3 atom stereocenters. The molecule has 3 aromatic rings. The second-order valence-electron chi connectivity index (χ2n) is 10.1. The topological polar surface area (TPSA) is 96.3 Å². The molecule has 2 aliphatic rings. The maximum atomic E-state index is 15.1. The molecule has 0 saturated carbocycles. The van der Waals surface area contributed by atoms with E-state index >= 15 is 8.78 Å². The summed E-state index contributed by atoms with van der Waals surface area (Å²) in [7, 11) is 3.37. The lowest BCUT2D eigenvalue weighted by Gasteiger charge is -2.45. The zero-order valence-electron chi connectivity index (χ0n) is 20.1. The first-order valence-electron chi connectivity index (χ1n) is 11.6. The summed E-state index contributed by atoms with van der Waals surface area (Å²) in [5.41, 5.74) is -0.0524. The Labute approximate surface area is 202 Å². The Morgan fingerprint density at radius 3 is 2.40 bits per heavy atom. The Morgan fingerprint density at radius 2 is 1.77 bits per heavy atom. The molecule has 2 bridgehead atoms. The van der Waals surface area contributed by atoms with Crippen molar-refractivity contribution in [1.82, 2.24) is 25.7 Å². The molecule has 35 heavy (non-hydrogen) atoms. The lowest BCUT2D eigenvalue weighted by molar-refractivity contribution is 0.207. The Kier molecular flexibility index (Phi) is 5.58. The van der Waals surface area contributed by atoms with Crippen LogP contribution in [0.25, 0.3) is 22.4 Å². The number of phenolic OH excluding ortho intramolecular Hbond substituents is 1. The van der Waals surface area contributed by atoms with Crippen LogP contribution in [0.5, 0.6) is 11.6 Å². The predicted molar refractivity (Wildman–Crippen MR) is 127 cm³/mol. The van der Waals surface area contributed by atoms with E-state index in [9.17, 15) is 5.11 Å². The molecule has 2 N–H and O–H groups in total. The van der Waals surface area contributed by atoms with Gasteiger partial charge in [-0.2, -0.15) is 5.10 Å². The van der Waals surface area contributed by atoms with E-state index in [1.807, 2.05) is 7.05 Å². The summed E-state index contributed by atoms with van der Waals surface area (Å²) in [4.78, 5) is 2.10. The largest absolute Gasteiger partial charge is 0.507 e. The zero-order chi connectivity index (χ0) is 25.0. The van der Waals surface area contributed by atoms with Crippen molar-refractivity contribution in [3.63, 3.8) is 0 Å². The van der Waals surface area contributed by atoms with Gasteiger partial charge < -0.3 is 20.1 Å². The van der Waals surface area contributed by atoms with Crippen LogP contribution in [0.1, 0.15) is 39.5 Å². The Morgan fingerprint density at radius 1 is 1.06 bits per heavy atom. The molecular formula is C25H28F2N6O2. The number of hydrogen-bond donors (Lipinski definition) is 2. The van der Waals surface area contributed by atoms with Gasteiger partial charge in [-0.05, 0) is 57.7 Å². The predicted octanol–water partition coefficient (Wildman–Crippen LogP) is 4.09. The summed E-state index contributed by atoms with van der Waals surface area (Å²) in [6.45, 7) is 4.52. The number of nitrogens with one attached hydrogen (secondary N) is 1. The third-order valence-corrected chi connectivity index (χ3v) is 7.36. The summed E-state index contributed by atoms with van der Waals surface area (Å²) in [5, 5.41) is 30.2. The van der Waals surface area contributed by atoms with Crippen LogP contribution in [-0.2, 0) is 0 Å². The number of rotatable bonds is 5. The lowest BCUT2D eigenvalue weighted by Crippen LogP contribution is -2.58. The maximum Gasteiger partial charge on any atom is 0.233 e. The normalized spacial score (nSPS) is 25.5. The van der Waals surface area contributed by atoms with Gasteiger partial charge in [-0.3, -0.25) is 0 Å². The number of benzene rings is 1. The fraction of sp³-hybridized carbons (Fsp3) is 0.440. The van der Waals surface area contributed by atoms with Crippen LogP contribution in [0.4, 0.5) is 14.6 Å². The fourth-order valence-electron chi connectivity index (χ4n) is 5.59. The zero-order valence-corrected chi connectivity index (χ0v) is 20.1. The number of phenols is 1. The summed E-state index contributed by atoms with van der Waals surface area (Å²) in [6.07, 6.45) is 5.51. The number of hydrogen-bond acceptors (Lipinski definition) is 8. The number of fused-ring (bicyclic) bond motifs is 2. The van der Waals surface area contributed by atoms with Gasteiger partial charge >= 0.3 is 0 Å². The van der Waals surface area contributed by atoms with Gasteiger partial charge in [0.15, 0.2) is 17.5 Å². The number of halogens is 2. The summed E-state index contributed by atoms with van der Waals surface area (Å²) >= 11 is 0. The maximum absolute atomic E-state index is 15.1. The molecule has 1 aromatic carbocycles. The van der Waals surface area contributed by atoms with Gasteiger partial charge in [-0.15, -0.1) is 15.3 Å². The number of piperidine rings is 1. The number of aromatic hydroxyl groups is 1. The molecule has 2 aromatic heterocycles. The van der Waals surface area contributed by atoms with Crippen LogP contribution in [0, 0.1) is 11.6 Å². The summed E-state index contributed by atoms with van der Waals surface area (Å²) in [6, 6.07) is 6.09. The molecule has 0 spiro atoms. The first kappa shape index (κ1) is 23.3. The van der Waals surface area contributed by atoms with Crippen molar-refractivity contribution in [2.45, 2.75) is 56.7 Å². The fourth-order valence-corrected chi connectivity index (χ4v) is 5.59. The van der Waals surface area contributed by atoms with Crippen molar-refractivity contribution < 1.29 is 18.6 Å². The molecule has 5 rings (SSSR count). The van der Waals surface area contributed by atoms with Gasteiger partial charge in [-0.25, -0.2) is 8.78 Å². The number of methoxy groups -OCH3 is 1. The van der Waals surface area contributed by atoms with E-state index in [4.69, 9.17) is 4.74 Å². The van der Waals surface area contributed by atoms with Gasteiger partial charge in [0.05, 0.1) is 24.6 Å². The molecule has 184 valence electrons. The van der Waals surface area contributed by atoms with Gasteiger partial charge in [0.2, 0.25) is 5.88 Å². The van der Waals surface area contributed by atoms with Crippen molar-refractivity contribution in [3.8, 4) is 34.0 Å². The standard InChI is InChI=1S/C25H28F2N6O2/c1-24-7-8-25(2,32-24)12-15(11-24)33(3)19-6-5-17(29-30-19)21-18(34)10-16(22(26)23(21)27)14-9-20(35-4)31-28-13-14/h5-6,9-10,13,15,32,34H,7-8,11-12H2,1-4H3/t15-,24+,25-. The summed E-state index contributed by atoms with van der Waals surface area (Å²) < 4.78 is 35.1. The second-order valence-corrected chi connectivity index (χ2v) is 10.1. The number of aromatic nitrogens is 4. The minimum atomic E-state index is -1.22. The molecule has 10 heteroatoms. The van der Waals surface area contributed by atoms with Crippen molar-refractivity contribution in [2.75, 3.05) is 19.1 Å². The van der Waals surface area contributed by atoms with E-state index in [0.717, 1.165) is 31.7 Å². The molecular weight excluding hydrogens is 454 g/mol. The van der Waals surface area contributed by atoms with Gasteiger partial charge in [0, 0.05) is 41.4 Å². The Bertz CT molecular complexity index is 1260. The molecule has 0 unspecified atom stereocenters. The van der Waals surface area contributed by atoms with Gasteiger partial charge in [0.25, 0.3) is 0 Å². The van der Waals surface area contributed by atoms with E-state index in [2.05, 4.69) is 44.5 Å². The monoisotopic (exact) mass is 482 g/mol. The van der Waals surface area contributed by atoms with Crippen LogP contribution < -0.4 is 15.0 Å². The quantitative estimate of drug-likeness (QED) is 0.561. The number of nitrogens with zero attached hydrogens (tertiary/aromatic N) is 5. The van der Waals surface area contributed by atoms with Crippen molar-refractivity contribution >= 4 is 5.82 Å². The smallest absolute Gasteiger partial charge is 0.233 e. The summed E-state index contributed by atoms with van der Waals surface area (Å²) in [5.74, 6) is -2.04. The van der Waals surface area contributed by atoms with E-state index in [-0.39, 0.29) is 45.4 Å². The van der Waals surface area contributed by atoms with E-state index in [1.54, 1.807) is 12.1 Å². The van der Waals surface area contributed by atoms with Gasteiger partial charge in [-0.1, -0.05) is 0 Å². The molecule has 2 saturated heterocycles. The minimum absolute atomic E-state index is 0.0392. The highest BCUT2D eigenvalue weighted by Crippen LogP contribution is 2.44. The second kappa shape index (κ2) is 8.37. The average Bonchev–Trinajstić information content (AvgIpc) is 3.07. The third-order valence-electron chi connectivity index (χ3n) is 7.36. The first-order chi connectivity index (χ1) is 16.6. The van der Waals surface area contributed by atoms with E-state index in [1.165, 1.54) is 19.4 Å². The van der Waals surface area contributed by atoms with Crippen LogP contribution in [-0.4, -0.2) is 56.8 Å². The highest BCUT2D eigenvalue weighted by molar-refractivity contribution is 5.75. The van der Waals surface area contributed by atoms with Gasteiger partial charge in [0.1, 0.15) is 5.75 Å². The molecule has 2 fully saturated rings. The van der Waals surface area contributed by atoms with Crippen LogP contribution in [0.2, 0.25) is 0 Å². The third kappa shape index (κ3) is 4.16. The van der Waals surface area contributed by atoms with E-state index < -0.39 is 17.4 Å². The van der Waals surface area contributed by atoms with Crippen molar-refractivity contribution in [3.05, 3.63) is 42.1 Å². The average molecular weight is 483 g/mol. The molecule has 8 nitrogen and oxygen atoms in total. The van der Waals surface area contributed by atoms with Crippen LogP contribution in [0.15, 0.2) is 30.5 Å². The van der Waals surface area contributed by atoms with Crippen LogP contribution in [0.3, 0.4) is 0 Å². The molecule has 2 aliphatic heterocycles. The number of anilines is 1. The Hall–Kier alpha value is -3.40. The molecule has 4 heterocycles. The first-order valence-corrected chi connectivity index (χ1v) is 11.6. The van der Waals surface area contributed by atoms with Crippen LogP contribution >= 0.6 is 0 Å². The molecule has 0 aliphatic carbocycles. The highest BCUT2D eigenvalue weighted by atomic mass is 19.2. The van der Waals surface area contributed by atoms with Crippen molar-refractivity contribution in [2.24, 2.45) is 0 Å².